The lowest BCUT2D eigenvalue weighted by Crippen LogP contribution is -2.36. The lowest BCUT2D eigenvalue weighted by Gasteiger charge is -2.23. The Labute approximate surface area is 221 Å². The molecule has 2 amide bonds. The van der Waals surface area contributed by atoms with E-state index in [4.69, 9.17) is 21.1 Å². The highest BCUT2D eigenvalue weighted by Gasteiger charge is 2.24. The molecule has 0 spiro atoms. The van der Waals surface area contributed by atoms with Crippen LogP contribution in [0.1, 0.15) is 21.5 Å². The first-order chi connectivity index (χ1) is 17.8. The Morgan fingerprint density at radius 3 is 2.38 bits per heavy atom. The molecular weight excluding hydrogens is 516 g/mol. The number of amides is 2. The molecule has 10 heteroatoms. The Kier molecular flexibility index (Phi) is 8.81. The van der Waals surface area contributed by atoms with Crippen LogP contribution in [0.15, 0.2) is 83.8 Å². The number of rotatable bonds is 7. The van der Waals surface area contributed by atoms with Gasteiger partial charge in [-0.3, -0.25) is 4.79 Å². The van der Waals surface area contributed by atoms with E-state index in [1.165, 1.54) is 24.3 Å². The van der Waals surface area contributed by atoms with Crippen LogP contribution in [0.25, 0.3) is 0 Å². The zero-order chi connectivity index (χ0) is 26.3. The van der Waals surface area contributed by atoms with Gasteiger partial charge in [0.15, 0.2) is 0 Å². The van der Waals surface area contributed by atoms with Gasteiger partial charge in [-0.2, -0.15) is 0 Å². The van der Waals surface area contributed by atoms with Crippen LogP contribution in [0.5, 0.6) is 0 Å². The lowest BCUT2D eigenvalue weighted by molar-refractivity contribution is 0.0914. The quantitative estimate of drug-likeness (QED) is 0.478. The summed E-state index contributed by atoms with van der Waals surface area (Å²) in [7, 11) is -4.02. The summed E-state index contributed by atoms with van der Waals surface area (Å²) in [4.78, 5) is 26.8. The SMILES string of the molecule is O=C(NS(=O)(=O)c1ccc(Cl)cc1)c1ccc(CC2COCCN(C(=O)OCc3ccccc3)C2)cc1. The van der Waals surface area contributed by atoms with Gasteiger partial charge in [0, 0.05) is 29.6 Å². The van der Waals surface area contributed by atoms with Crippen LogP contribution in [-0.4, -0.2) is 51.6 Å². The standard InChI is InChI=1S/C27H27ClN2O6S/c28-24-10-12-25(13-11-24)37(33,34)29-26(31)23-8-6-20(7-9-23)16-22-17-30(14-15-35-18-22)27(32)36-19-21-4-2-1-3-5-21/h1-13,22H,14-19H2,(H,29,31). The molecule has 1 N–H and O–H groups in total. The van der Waals surface area contributed by atoms with Gasteiger partial charge in [-0.25, -0.2) is 17.9 Å². The summed E-state index contributed by atoms with van der Waals surface area (Å²) in [6.45, 7) is 2.06. The molecular formula is C27H27ClN2O6S. The summed E-state index contributed by atoms with van der Waals surface area (Å²) in [5.41, 5.74) is 2.07. The van der Waals surface area contributed by atoms with Gasteiger partial charge in [-0.1, -0.05) is 54.1 Å². The van der Waals surface area contributed by atoms with Crippen molar-refractivity contribution >= 4 is 33.6 Å². The van der Waals surface area contributed by atoms with Crippen LogP contribution in [0.4, 0.5) is 4.79 Å². The first-order valence-electron chi connectivity index (χ1n) is 11.8. The molecule has 194 valence electrons. The smallest absolute Gasteiger partial charge is 0.410 e. The molecule has 1 aliphatic rings. The third kappa shape index (κ3) is 7.55. The minimum atomic E-state index is -4.02. The second kappa shape index (κ2) is 12.2. The van der Waals surface area contributed by atoms with Crippen LogP contribution in [0.2, 0.25) is 5.02 Å². The van der Waals surface area contributed by atoms with Crippen molar-refractivity contribution < 1.29 is 27.5 Å². The topological polar surface area (TPSA) is 102 Å². The van der Waals surface area contributed by atoms with E-state index in [0.29, 0.717) is 37.7 Å². The van der Waals surface area contributed by atoms with Crippen LogP contribution < -0.4 is 4.72 Å². The average molecular weight is 543 g/mol. The fourth-order valence-corrected chi connectivity index (χ4v) is 5.06. The number of nitrogens with zero attached hydrogens (tertiary/aromatic N) is 1. The second-order valence-corrected chi connectivity index (χ2v) is 10.8. The Morgan fingerprint density at radius 2 is 1.68 bits per heavy atom. The van der Waals surface area contributed by atoms with Crippen molar-refractivity contribution in [3.8, 4) is 0 Å². The number of hydrogen-bond donors (Lipinski definition) is 1. The highest BCUT2D eigenvalue weighted by molar-refractivity contribution is 7.90. The van der Waals surface area contributed by atoms with Crippen molar-refractivity contribution in [2.75, 3.05) is 26.3 Å². The summed E-state index contributed by atoms with van der Waals surface area (Å²) >= 11 is 5.80. The Balaban J connectivity index is 1.33. The van der Waals surface area contributed by atoms with Crippen molar-refractivity contribution in [3.05, 3.63) is 101 Å². The molecule has 3 aromatic carbocycles. The number of benzene rings is 3. The van der Waals surface area contributed by atoms with E-state index >= 15 is 0 Å². The van der Waals surface area contributed by atoms with E-state index in [2.05, 4.69) is 4.72 Å². The molecule has 0 aliphatic carbocycles. The van der Waals surface area contributed by atoms with Gasteiger partial charge in [0.2, 0.25) is 0 Å². The van der Waals surface area contributed by atoms with Gasteiger partial charge in [-0.15, -0.1) is 0 Å². The molecule has 8 nitrogen and oxygen atoms in total. The van der Waals surface area contributed by atoms with E-state index < -0.39 is 15.9 Å². The predicted molar refractivity (Wildman–Crippen MR) is 139 cm³/mol. The summed E-state index contributed by atoms with van der Waals surface area (Å²) in [5.74, 6) is -0.691. The maximum Gasteiger partial charge on any atom is 0.410 e. The molecule has 0 aromatic heterocycles. The Morgan fingerprint density at radius 1 is 0.973 bits per heavy atom. The van der Waals surface area contributed by atoms with Crippen LogP contribution in [0, 0.1) is 5.92 Å². The third-order valence-corrected chi connectivity index (χ3v) is 7.49. The fraction of sp³-hybridized carbons (Fsp3) is 0.259. The number of nitrogens with one attached hydrogen (secondary N) is 1. The number of hydrogen-bond acceptors (Lipinski definition) is 6. The first-order valence-corrected chi connectivity index (χ1v) is 13.6. The minimum Gasteiger partial charge on any atom is -0.445 e. The van der Waals surface area contributed by atoms with E-state index in [0.717, 1.165) is 11.1 Å². The first kappa shape index (κ1) is 26.7. The van der Waals surface area contributed by atoms with Crippen molar-refractivity contribution in [2.45, 2.75) is 17.9 Å². The fourth-order valence-electron chi connectivity index (χ4n) is 3.96. The minimum absolute atomic E-state index is 0.0386. The monoisotopic (exact) mass is 542 g/mol. The summed E-state index contributed by atoms with van der Waals surface area (Å²) in [6.07, 6.45) is 0.237. The van der Waals surface area contributed by atoms with E-state index in [-0.39, 0.29) is 29.1 Å². The second-order valence-electron chi connectivity index (χ2n) is 8.72. The summed E-state index contributed by atoms with van der Waals surface area (Å²) in [5, 5.41) is 0.395. The molecule has 1 heterocycles. The number of ether oxygens (including phenoxy) is 2. The molecule has 0 radical (unpaired) electrons. The van der Waals surface area contributed by atoms with Crippen molar-refractivity contribution in [1.82, 2.24) is 9.62 Å². The normalized spacial score (nSPS) is 16.0. The molecule has 37 heavy (non-hydrogen) atoms. The number of sulfonamides is 1. The van der Waals surface area contributed by atoms with Gasteiger partial charge in [0.1, 0.15) is 6.61 Å². The van der Waals surface area contributed by atoms with E-state index in [9.17, 15) is 18.0 Å². The van der Waals surface area contributed by atoms with Crippen LogP contribution >= 0.6 is 11.6 Å². The van der Waals surface area contributed by atoms with Gasteiger partial charge >= 0.3 is 6.09 Å². The molecule has 0 bridgehead atoms. The number of carbonyl (C=O) groups is 2. The molecule has 1 unspecified atom stereocenters. The molecule has 3 aromatic rings. The van der Waals surface area contributed by atoms with Gasteiger partial charge < -0.3 is 14.4 Å². The Bertz CT molecular complexity index is 1320. The van der Waals surface area contributed by atoms with Crippen LogP contribution in [0.3, 0.4) is 0 Å². The predicted octanol–water partition coefficient (Wildman–Crippen LogP) is 4.29. The molecule has 4 rings (SSSR count). The highest BCUT2D eigenvalue weighted by atomic mass is 35.5. The third-order valence-electron chi connectivity index (χ3n) is 5.89. The number of halogens is 1. The highest BCUT2D eigenvalue weighted by Crippen LogP contribution is 2.17. The zero-order valence-corrected chi connectivity index (χ0v) is 21.6. The van der Waals surface area contributed by atoms with E-state index in [1.807, 2.05) is 30.3 Å². The van der Waals surface area contributed by atoms with E-state index in [1.54, 1.807) is 29.2 Å². The largest absolute Gasteiger partial charge is 0.445 e. The Hall–Kier alpha value is -3.40. The van der Waals surface area contributed by atoms with Crippen molar-refractivity contribution in [3.63, 3.8) is 0 Å². The summed E-state index contributed by atoms with van der Waals surface area (Å²) in [6, 6.07) is 21.7. The molecule has 1 atom stereocenters. The molecule has 1 saturated heterocycles. The summed E-state index contributed by atoms with van der Waals surface area (Å²) < 4.78 is 38.2. The zero-order valence-electron chi connectivity index (χ0n) is 20.0. The molecule has 1 fully saturated rings. The molecule has 0 saturated carbocycles. The lowest BCUT2D eigenvalue weighted by atomic mass is 9.98. The number of carbonyl (C=O) groups excluding carboxylic acids is 2. The van der Waals surface area contributed by atoms with Crippen molar-refractivity contribution in [2.24, 2.45) is 5.92 Å². The van der Waals surface area contributed by atoms with Gasteiger partial charge in [0.25, 0.3) is 15.9 Å². The van der Waals surface area contributed by atoms with Crippen LogP contribution in [-0.2, 0) is 32.5 Å². The van der Waals surface area contributed by atoms with Gasteiger partial charge in [0.05, 0.1) is 18.1 Å². The molecule has 1 aliphatic heterocycles. The maximum absolute atomic E-state index is 12.6. The maximum atomic E-state index is 12.6. The average Bonchev–Trinajstić information content (AvgIpc) is 3.14. The van der Waals surface area contributed by atoms with Crippen molar-refractivity contribution in [1.29, 1.82) is 0 Å². The van der Waals surface area contributed by atoms with Gasteiger partial charge in [-0.05, 0) is 53.9 Å².